The predicted molar refractivity (Wildman–Crippen MR) is 349 cm³/mol. The van der Waals surface area contributed by atoms with Gasteiger partial charge in [-0.1, -0.05) is 289 Å². The summed E-state index contributed by atoms with van der Waals surface area (Å²) in [6.07, 6.45) is 0. The molecule has 0 spiro atoms. The summed E-state index contributed by atoms with van der Waals surface area (Å²) in [6, 6.07) is 96.8. The van der Waals surface area contributed by atoms with Crippen LogP contribution in [0.25, 0.3) is 0 Å². The monoisotopic (exact) mass is 1410 g/mol. The molecule has 80 heavy (non-hydrogen) atoms. The van der Waals surface area contributed by atoms with E-state index >= 15 is 0 Å². The molecular weight excluding hydrogens is 1370 g/mol. The lowest BCUT2D eigenvalue weighted by Gasteiger charge is -2.52. The van der Waals surface area contributed by atoms with Crippen molar-refractivity contribution in [2.45, 2.75) is 21.7 Å². The first-order valence-electron chi connectivity index (χ1n) is 26.2. The molecule has 6 heteroatoms. The van der Waals surface area contributed by atoms with E-state index in [2.05, 4.69) is 386 Å². The molecule has 0 N–H and O–H groups in total. The smallest absolute Gasteiger partial charge is 0.0764 e. The van der Waals surface area contributed by atoms with Crippen molar-refractivity contribution in [3.05, 3.63) is 383 Å². The molecule has 11 aromatic carbocycles. The van der Waals surface area contributed by atoms with Gasteiger partial charge in [0.05, 0.1) is 10.8 Å². The fraction of sp³-hybridized carbons (Fsp3) is 0.0541. The summed E-state index contributed by atoms with van der Waals surface area (Å²) in [6.45, 7) is 0. The van der Waals surface area contributed by atoms with E-state index in [-0.39, 0.29) is 0 Å². The lowest BCUT2D eigenvalue weighted by atomic mass is 9.47. The maximum Gasteiger partial charge on any atom is 0.108 e. The molecule has 382 valence electrons. The molecule has 0 fully saturated rings. The Morgan fingerprint density at radius 3 is 0.550 bits per heavy atom. The second-order valence-electron chi connectivity index (χ2n) is 20.3. The normalized spacial score (nSPS) is 15.8. The van der Waals surface area contributed by atoms with E-state index in [0.717, 1.165) is 116 Å². The molecule has 0 aromatic heterocycles. The van der Waals surface area contributed by atoms with Crippen LogP contribution in [0.3, 0.4) is 0 Å². The van der Waals surface area contributed by atoms with Crippen LogP contribution in [0.4, 0.5) is 0 Å². The molecule has 2 bridgehead atoms. The third-order valence-electron chi connectivity index (χ3n) is 16.3. The summed E-state index contributed by atoms with van der Waals surface area (Å²) < 4.78 is 6.18. The van der Waals surface area contributed by atoms with Crippen LogP contribution in [-0.2, 0) is 21.7 Å². The van der Waals surface area contributed by atoms with E-state index in [1.165, 1.54) is 0 Å². The maximum absolute atomic E-state index is 4.02. The molecule has 0 radical (unpaired) electrons. The molecule has 0 amide bonds. The van der Waals surface area contributed by atoms with Gasteiger partial charge in [0, 0.05) is 38.0 Å². The highest BCUT2D eigenvalue weighted by Crippen LogP contribution is 2.62. The largest absolute Gasteiger partial charge is 0.108 e. The molecule has 0 atom stereocenters. The molecule has 3 aliphatic carbocycles. The van der Waals surface area contributed by atoms with Crippen molar-refractivity contribution in [1.82, 2.24) is 0 Å². The van der Waals surface area contributed by atoms with Crippen molar-refractivity contribution in [3.63, 3.8) is 0 Å². The second kappa shape index (κ2) is 21.4. The SMILES string of the molecule is Brc1ccc(C(c2ccc(Br)cc2)(c2ccc(Br)cc2)c2ccc(C#CC34c5ccccc5C(C#Cc5ccc(C(c6ccc(Br)cc6)(c6ccc(Br)cc6)c6ccc(Br)cc6)cc5)(c5ccccc53)c3ccccc34)cc2)cc1. The fourth-order valence-corrected chi connectivity index (χ4v) is 14.4. The predicted octanol–water partition coefficient (Wildman–Crippen LogP) is 20.4. The summed E-state index contributed by atoms with van der Waals surface area (Å²) in [5.41, 5.74) is 15.3. The molecule has 0 saturated heterocycles. The number of benzene rings is 11. The highest BCUT2D eigenvalue weighted by molar-refractivity contribution is 9.11. The van der Waals surface area contributed by atoms with Crippen LogP contribution in [0.1, 0.15) is 89.0 Å². The van der Waals surface area contributed by atoms with Crippen LogP contribution in [0.2, 0.25) is 0 Å². The van der Waals surface area contributed by atoms with Crippen molar-refractivity contribution < 1.29 is 0 Å². The Hall–Kier alpha value is -6.58. The van der Waals surface area contributed by atoms with E-state index in [1.807, 2.05) is 0 Å². The molecule has 0 saturated carbocycles. The fourth-order valence-electron chi connectivity index (χ4n) is 12.8. The molecule has 3 aliphatic rings. The Morgan fingerprint density at radius 1 is 0.212 bits per heavy atom. The van der Waals surface area contributed by atoms with Gasteiger partial charge in [-0.25, -0.2) is 0 Å². The highest BCUT2D eigenvalue weighted by Gasteiger charge is 2.58. The molecule has 0 aliphatic heterocycles. The average molecular weight is 1410 g/mol. The molecule has 0 nitrogen and oxygen atoms in total. The highest BCUT2D eigenvalue weighted by atomic mass is 79.9. The lowest BCUT2D eigenvalue weighted by Crippen LogP contribution is -2.49. The quantitative estimate of drug-likeness (QED) is 0.105. The van der Waals surface area contributed by atoms with Gasteiger partial charge in [-0.2, -0.15) is 0 Å². The van der Waals surface area contributed by atoms with Gasteiger partial charge in [0.2, 0.25) is 0 Å². The summed E-state index contributed by atoms with van der Waals surface area (Å²) in [5.74, 6) is 15.6. The van der Waals surface area contributed by atoms with Crippen molar-refractivity contribution in [2.24, 2.45) is 0 Å². The molecular formula is C74H44Br6. The van der Waals surface area contributed by atoms with Gasteiger partial charge in [-0.3, -0.25) is 0 Å². The van der Waals surface area contributed by atoms with Gasteiger partial charge < -0.3 is 0 Å². The van der Waals surface area contributed by atoms with E-state index in [1.54, 1.807) is 0 Å². The minimum absolute atomic E-state index is 0.632. The Labute approximate surface area is 518 Å². The Bertz CT molecular complexity index is 3640. The lowest BCUT2D eigenvalue weighted by molar-refractivity contribution is 0.605. The summed E-state index contributed by atoms with van der Waals surface area (Å²) in [4.78, 5) is 0. The zero-order valence-corrected chi connectivity index (χ0v) is 52.2. The average Bonchev–Trinajstić information content (AvgIpc) is 3.69. The molecule has 14 rings (SSSR count). The van der Waals surface area contributed by atoms with Crippen molar-refractivity contribution >= 4 is 95.6 Å². The van der Waals surface area contributed by atoms with Crippen LogP contribution in [-0.4, -0.2) is 0 Å². The Morgan fingerprint density at radius 2 is 0.375 bits per heavy atom. The Balaban J connectivity index is 0.937. The van der Waals surface area contributed by atoms with Crippen molar-refractivity contribution in [1.29, 1.82) is 0 Å². The van der Waals surface area contributed by atoms with Gasteiger partial charge in [-0.15, -0.1) is 0 Å². The Kier molecular flexibility index (Phi) is 14.1. The van der Waals surface area contributed by atoms with E-state index in [9.17, 15) is 0 Å². The third-order valence-corrected chi connectivity index (χ3v) is 19.5. The number of hydrogen-bond donors (Lipinski definition) is 0. The first kappa shape index (κ1) is 52.8. The second-order valence-corrected chi connectivity index (χ2v) is 25.8. The number of hydrogen-bond acceptors (Lipinski definition) is 0. The molecule has 0 heterocycles. The van der Waals surface area contributed by atoms with Gasteiger partial charge in [0.1, 0.15) is 10.8 Å². The van der Waals surface area contributed by atoms with Gasteiger partial charge in [0.15, 0.2) is 0 Å². The van der Waals surface area contributed by atoms with Gasteiger partial charge in [-0.05, 0) is 175 Å². The standard InChI is InChI=1S/C74H44Br6/c75-59-33-21-53(22-34-59)73(54-23-35-60(76)36-24-54,55-25-37-61(77)38-26-55)51-17-13-49(14-18-51)45-47-71-65-7-1-2-8-66(65)72(69-11-5-3-9-67(69)71,70-12-6-4-10-68(70)71)48-46-50-15-19-52(20-16-50)74(56-27-39-62(78)40-28-56,57-29-41-63(79)42-30-57)58-31-43-64(80)44-32-58/h1-44H. The molecule has 0 unspecified atom stereocenters. The maximum atomic E-state index is 4.02. The van der Waals surface area contributed by atoms with Crippen LogP contribution in [0.15, 0.2) is 294 Å². The van der Waals surface area contributed by atoms with E-state index < -0.39 is 21.7 Å². The summed E-state index contributed by atoms with van der Waals surface area (Å²) in [5, 5.41) is 0. The minimum Gasteiger partial charge on any atom is -0.0764 e. The summed E-state index contributed by atoms with van der Waals surface area (Å²) in [7, 11) is 0. The zero-order valence-electron chi connectivity index (χ0n) is 42.7. The van der Waals surface area contributed by atoms with E-state index in [0.29, 0.717) is 0 Å². The topological polar surface area (TPSA) is 0 Å². The van der Waals surface area contributed by atoms with Crippen molar-refractivity contribution in [3.8, 4) is 23.7 Å². The number of rotatable bonds is 8. The van der Waals surface area contributed by atoms with Crippen LogP contribution < -0.4 is 0 Å². The van der Waals surface area contributed by atoms with E-state index in [4.69, 9.17) is 0 Å². The third kappa shape index (κ3) is 8.64. The van der Waals surface area contributed by atoms with Crippen LogP contribution in [0.5, 0.6) is 0 Å². The van der Waals surface area contributed by atoms with Crippen molar-refractivity contribution in [2.75, 3.05) is 0 Å². The number of halogens is 6. The minimum atomic E-state index is -0.764. The first-order valence-corrected chi connectivity index (χ1v) is 30.9. The zero-order chi connectivity index (χ0) is 54.6. The van der Waals surface area contributed by atoms with Gasteiger partial charge in [0.25, 0.3) is 0 Å². The first-order chi connectivity index (χ1) is 39.0. The van der Waals surface area contributed by atoms with Crippen LogP contribution >= 0.6 is 95.6 Å². The van der Waals surface area contributed by atoms with Crippen LogP contribution in [0, 0.1) is 23.7 Å². The van der Waals surface area contributed by atoms with Gasteiger partial charge >= 0.3 is 0 Å². The summed E-state index contributed by atoms with van der Waals surface area (Å²) >= 11 is 22.3. The molecule has 11 aromatic rings.